The van der Waals surface area contributed by atoms with Crippen molar-refractivity contribution >= 4 is 0 Å². The van der Waals surface area contributed by atoms with E-state index in [2.05, 4.69) is 11.9 Å². The minimum atomic E-state index is -0.131. The SMILES string of the molecule is C=CNC1CC[C@@H]1O. The fourth-order valence-corrected chi connectivity index (χ4v) is 0.828. The van der Waals surface area contributed by atoms with Crippen LogP contribution in [0.4, 0.5) is 0 Å². The van der Waals surface area contributed by atoms with Crippen LogP contribution >= 0.6 is 0 Å². The molecule has 0 bridgehead atoms. The van der Waals surface area contributed by atoms with Crippen molar-refractivity contribution in [3.05, 3.63) is 12.8 Å². The molecule has 1 unspecified atom stereocenters. The van der Waals surface area contributed by atoms with Crippen molar-refractivity contribution in [3.8, 4) is 0 Å². The molecule has 0 saturated heterocycles. The first-order valence-corrected chi connectivity index (χ1v) is 2.89. The van der Waals surface area contributed by atoms with Crippen LogP contribution in [0.25, 0.3) is 0 Å². The van der Waals surface area contributed by atoms with Gasteiger partial charge in [-0.05, 0) is 19.0 Å². The Hall–Kier alpha value is -0.500. The summed E-state index contributed by atoms with van der Waals surface area (Å²) < 4.78 is 0. The Labute approximate surface area is 49.2 Å². The predicted octanol–water partition coefficient (Wildman–Crippen LogP) is 0.243. The maximum Gasteiger partial charge on any atom is 0.0741 e. The van der Waals surface area contributed by atoms with E-state index in [0.717, 1.165) is 12.8 Å². The molecule has 46 valence electrons. The average molecular weight is 113 g/mol. The first-order valence-electron chi connectivity index (χ1n) is 2.89. The van der Waals surface area contributed by atoms with Crippen LogP contribution in [-0.4, -0.2) is 17.3 Å². The third-order valence-corrected chi connectivity index (χ3v) is 1.57. The van der Waals surface area contributed by atoms with Crippen LogP contribution in [-0.2, 0) is 0 Å². The highest BCUT2D eigenvalue weighted by Crippen LogP contribution is 2.18. The molecule has 2 nitrogen and oxygen atoms in total. The van der Waals surface area contributed by atoms with Gasteiger partial charge in [0, 0.05) is 0 Å². The Kier molecular flexibility index (Phi) is 1.53. The minimum Gasteiger partial charge on any atom is -0.391 e. The number of hydrogen-bond acceptors (Lipinski definition) is 2. The number of aliphatic hydroxyl groups excluding tert-OH is 1. The molecule has 0 amide bonds. The first kappa shape index (κ1) is 5.63. The van der Waals surface area contributed by atoms with Gasteiger partial charge in [0.15, 0.2) is 0 Å². The zero-order chi connectivity index (χ0) is 5.98. The number of rotatable bonds is 2. The van der Waals surface area contributed by atoms with Crippen LogP contribution in [0.2, 0.25) is 0 Å². The zero-order valence-electron chi connectivity index (χ0n) is 4.80. The first-order chi connectivity index (χ1) is 3.84. The summed E-state index contributed by atoms with van der Waals surface area (Å²) >= 11 is 0. The van der Waals surface area contributed by atoms with Crippen molar-refractivity contribution in [2.75, 3.05) is 0 Å². The summed E-state index contributed by atoms with van der Waals surface area (Å²) in [6.07, 6.45) is 3.51. The zero-order valence-corrected chi connectivity index (χ0v) is 4.80. The van der Waals surface area contributed by atoms with Crippen LogP contribution in [0.5, 0.6) is 0 Å². The summed E-state index contributed by atoms with van der Waals surface area (Å²) in [7, 11) is 0. The lowest BCUT2D eigenvalue weighted by Gasteiger charge is -2.32. The largest absolute Gasteiger partial charge is 0.391 e. The maximum absolute atomic E-state index is 8.93. The van der Waals surface area contributed by atoms with Gasteiger partial charge in [0.1, 0.15) is 0 Å². The lowest BCUT2D eigenvalue weighted by atomic mass is 9.89. The van der Waals surface area contributed by atoms with Crippen molar-refractivity contribution in [2.45, 2.75) is 25.0 Å². The van der Waals surface area contributed by atoms with Gasteiger partial charge in [-0.2, -0.15) is 0 Å². The fourth-order valence-electron chi connectivity index (χ4n) is 0.828. The molecule has 0 radical (unpaired) electrons. The molecule has 1 saturated carbocycles. The Morgan fingerprint density at radius 3 is 2.50 bits per heavy atom. The summed E-state index contributed by atoms with van der Waals surface area (Å²) in [6, 6.07) is 0.285. The van der Waals surface area contributed by atoms with E-state index in [4.69, 9.17) is 5.11 Å². The molecule has 0 aromatic heterocycles. The van der Waals surface area contributed by atoms with Gasteiger partial charge in [0.2, 0.25) is 0 Å². The quantitative estimate of drug-likeness (QED) is 0.537. The van der Waals surface area contributed by atoms with Crippen LogP contribution in [0.3, 0.4) is 0 Å². The Morgan fingerprint density at radius 1 is 1.62 bits per heavy atom. The van der Waals surface area contributed by atoms with Gasteiger partial charge in [-0.1, -0.05) is 6.58 Å². The highest BCUT2D eigenvalue weighted by molar-refractivity contribution is 4.89. The third kappa shape index (κ3) is 0.842. The molecule has 1 aliphatic rings. The number of nitrogens with one attached hydrogen (secondary N) is 1. The van der Waals surface area contributed by atoms with E-state index in [1.807, 2.05) is 0 Å². The maximum atomic E-state index is 8.93. The molecule has 1 fully saturated rings. The predicted molar refractivity (Wildman–Crippen MR) is 32.4 cm³/mol. The van der Waals surface area contributed by atoms with Crippen molar-refractivity contribution in [1.82, 2.24) is 5.32 Å². The van der Waals surface area contributed by atoms with E-state index >= 15 is 0 Å². The van der Waals surface area contributed by atoms with Crippen molar-refractivity contribution in [3.63, 3.8) is 0 Å². The fraction of sp³-hybridized carbons (Fsp3) is 0.667. The van der Waals surface area contributed by atoms with Gasteiger partial charge in [-0.3, -0.25) is 0 Å². The highest BCUT2D eigenvalue weighted by Gasteiger charge is 2.26. The molecule has 2 atom stereocenters. The normalized spacial score (nSPS) is 35.6. The second kappa shape index (κ2) is 2.18. The molecule has 8 heavy (non-hydrogen) atoms. The van der Waals surface area contributed by atoms with E-state index < -0.39 is 0 Å². The van der Waals surface area contributed by atoms with Crippen LogP contribution in [0.1, 0.15) is 12.8 Å². The molecule has 1 aliphatic carbocycles. The van der Waals surface area contributed by atoms with Gasteiger partial charge >= 0.3 is 0 Å². The smallest absolute Gasteiger partial charge is 0.0741 e. The minimum absolute atomic E-state index is 0.131. The second-order valence-electron chi connectivity index (χ2n) is 2.12. The Morgan fingerprint density at radius 2 is 2.38 bits per heavy atom. The third-order valence-electron chi connectivity index (χ3n) is 1.57. The Balaban J connectivity index is 2.16. The molecule has 0 spiro atoms. The second-order valence-corrected chi connectivity index (χ2v) is 2.12. The van der Waals surface area contributed by atoms with Crippen molar-refractivity contribution in [1.29, 1.82) is 0 Å². The van der Waals surface area contributed by atoms with Gasteiger partial charge in [0.25, 0.3) is 0 Å². The van der Waals surface area contributed by atoms with Gasteiger partial charge in [-0.25, -0.2) is 0 Å². The molecule has 0 aliphatic heterocycles. The molecular weight excluding hydrogens is 102 g/mol. The molecule has 0 heterocycles. The van der Waals surface area contributed by atoms with Gasteiger partial charge in [-0.15, -0.1) is 0 Å². The monoisotopic (exact) mass is 113 g/mol. The van der Waals surface area contributed by atoms with Crippen molar-refractivity contribution < 1.29 is 5.11 Å². The van der Waals surface area contributed by atoms with Crippen LogP contribution < -0.4 is 5.32 Å². The lowest BCUT2D eigenvalue weighted by molar-refractivity contribution is 0.0569. The standard InChI is InChI=1S/C6H11NO/c1-2-7-5-3-4-6(5)8/h2,5-8H,1,3-4H2/t5?,6-/m0/s1. The van der Waals surface area contributed by atoms with E-state index in [0.29, 0.717) is 0 Å². The van der Waals surface area contributed by atoms with Crippen LogP contribution in [0, 0.1) is 0 Å². The highest BCUT2D eigenvalue weighted by atomic mass is 16.3. The molecule has 2 heteroatoms. The van der Waals surface area contributed by atoms with E-state index in [1.165, 1.54) is 0 Å². The van der Waals surface area contributed by atoms with Crippen LogP contribution in [0.15, 0.2) is 12.8 Å². The molecule has 1 rings (SSSR count). The lowest BCUT2D eigenvalue weighted by Crippen LogP contribution is -2.45. The topological polar surface area (TPSA) is 32.3 Å². The van der Waals surface area contributed by atoms with Gasteiger partial charge in [0.05, 0.1) is 12.1 Å². The molecule has 0 aromatic carbocycles. The number of aliphatic hydroxyl groups is 1. The summed E-state index contributed by atoms with van der Waals surface area (Å²) in [6.45, 7) is 3.49. The summed E-state index contributed by atoms with van der Waals surface area (Å²) in [5.41, 5.74) is 0. The Bertz CT molecular complexity index is 92.5. The molecular formula is C6H11NO. The summed E-state index contributed by atoms with van der Waals surface area (Å²) in [5.74, 6) is 0. The average Bonchev–Trinajstić information content (AvgIpc) is 1.79. The van der Waals surface area contributed by atoms with E-state index in [1.54, 1.807) is 6.20 Å². The van der Waals surface area contributed by atoms with Gasteiger partial charge < -0.3 is 10.4 Å². The number of hydrogen-bond donors (Lipinski definition) is 2. The van der Waals surface area contributed by atoms with E-state index in [-0.39, 0.29) is 12.1 Å². The molecule has 2 N–H and O–H groups in total. The summed E-state index contributed by atoms with van der Waals surface area (Å²) in [4.78, 5) is 0. The molecule has 0 aromatic rings. The van der Waals surface area contributed by atoms with E-state index in [9.17, 15) is 0 Å². The summed E-state index contributed by atoms with van der Waals surface area (Å²) in [5, 5.41) is 11.9. The van der Waals surface area contributed by atoms with Crippen molar-refractivity contribution in [2.24, 2.45) is 0 Å².